The summed E-state index contributed by atoms with van der Waals surface area (Å²) < 4.78 is 28.4. The fourth-order valence-corrected chi connectivity index (χ4v) is 3.19. The summed E-state index contributed by atoms with van der Waals surface area (Å²) in [6.07, 6.45) is -0.301. The second-order valence-electron chi connectivity index (χ2n) is 7.30. The highest BCUT2D eigenvalue weighted by atomic mass is 35.5. The molecule has 0 bridgehead atoms. The molecule has 0 aromatic heterocycles. The van der Waals surface area contributed by atoms with Crippen molar-refractivity contribution in [3.63, 3.8) is 0 Å². The zero-order valence-electron chi connectivity index (χ0n) is 17.4. The van der Waals surface area contributed by atoms with E-state index in [0.29, 0.717) is 16.3 Å². The number of benzene rings is 3. The number of amides is 1. The molecule has 0 saturated heterocycles. The quantitative estimate of drug-likeness (QED) is 0.305. The Morgan fingerprint density at radius 3 is 2.28 bits per heavy atom. The van der Waals surface area contributed by atoms with Crippen LogP contribution in [0.5, 0.6) is 0 Å². The summed E-state index contributed by atoms with van der Waals surface area (Å²) in [6.45, 7) is 0. The number of Topliss-reactive ketones (excluding diaryl/α,β-unsaturated/α-hetero) is 1. The topological polar surface area (TPSA) is 73.3 Å². The SMILES string of the molecule is CN(C)C(=N)c1ccc(C(=O)Cc2ccc(F)cc2C(=O)Nc2ccc(Cl)cc2)c(F)c1. The molecule has 8 heteroatoms. The van der Waals surface area contributed by atoms with Crippen molar-refractivity contribution in [2.24, 2.45) is 0 Å². The van der Waals surface area contributed by atoms with E-state index in [-0.39, 0.29) is 28.9 Å². The average molecular weight is 456 g/mol. The van der Waals surface area contributed by atoms with E-state index in [2.05, 4.69) is 5.32 Å². The fourth-order valence-electron chi connectivity index (χ4n) is 3.06. The summed E-state index contributed by atoms with van der Waals surface area (Å²) in [7, 11) is 3.31. The molecule has 3 aromatic rings. The highest BCUT2D eigenvalue weighted by Crippen LogP contribution is 2.20. The average Bonchev–Trinajstić information content (AvgIpc) is 2.75. The van der Waals surface area contributed by atoms with E-state index >= 15 is 0 Å². The summed E-state index contributed by atoms with van der Waals surface area (Å²) in [5.41, 5.74) is 0.834. The van der Waals surface area contributed by atoms with Crippen LogP contribution in [0.15, 0.2) is 60.7 Å². The maximum atomic E-state index is 14.6. The lowest BCUT2D eigenvalue weighted by molar-refractivity contribution is 0.0988. The second kappa shape index (κ2) is 9.70. The van der Waals surface area contributed by atoms with E-state index in [4.69, 9.17) is 17.0 Å². The Bertz CT molecular complexity index is 1190. The van der Waals surface area contributed by atoms with Crippen LogP contribution in [0.25, 0.3) is 0 Å². The number of hydrogen-bond donors (Lipinski definition) is 2. The highest BCUT2D eigenvalue weighted by Gasteiger charge is 2.19. The van der Waals surface area contributed by atoms with E-state index in [9.17, 15) is 18.4 Å². The van der Waals surface area contributed by atoms with E-state index in [1.165, 1.54) is 23.1 Å². The van der Waals surface area contributed by atoms with Gasteiger partial charge in [0.25, 0.3) is 5.91 Å². The van der Waals surface area contributed by atoms with Gasteiger partial charge in [0.2, 0.25) is 0 Å². The number of carbonyl (C=O) groups excluding carboxylic acids is 2. The predicted octanol–water partition coefficient (Wildman–Crippen LogP) is 5.18. The lowest BCUT2D eigenvalue weighted by atomic mass is 9.97. The molecule has 5 nitrogen and oxygen atoms in total. The summed E-state index contributed by atoms with van der Waals surface area (Å²) in [6, 6.07) is 13.8. The summed E-state index contributed by atoms with van der Waals surface area (Å²) >= 11 is 5.84. The Balaban J connectivity index is 1.84. The highest BCUT2D eigenvalue weighted by molar-refractivity contribution is 6.30. The van der Waals surface area contributed by atoms with Gasteiger partial charge in [-0.2, -0.15) is 0 Å². The number of carbonyl (C=O) groups is 2. The Hall–Kier alpha value is -3.58. The molecule has 0 unspecified atom stereocenters. The van der Waals surface area contributed by atoms with Gasteiger partial charge in [-0.25, -0.2) is 8.78 Å². The van der Waals surface area contributed by atoms with Crippen LogP contribution in [0.4, 0.5) is 14.5 Å². The van der Waals surface area contributed by atoms with E-state index in [1.807, 2.05) is 0 Å². The number of amidine groups is 1. The standard InChI is InChI=1S/C24H20ClF2N3O2/c1-30(2)23(28)15-4-10-19(21(27)11-15)22(31)12-14-3-7-17(26)13-20(14)24(32)29-18-8-5-16(25)6-9-18/h3-11,13,28H,12H2,1-2H3,(H,29,32). The summed E-state index contributed by atoms with van der Waals surface area (Å²) in [5, 5.41) is 11.0. The number of ketones is 1. The fraction of sp³-hybridized carbons (Fsp3) is 0.125. The molecule has 0 aliphatic carbocycles. The first kappa shape index (κ1) is 23.1. The van der Waals surface area contributed by atoms with Crippen molar-refractivity contribution in [2.75, 3.05) is 19.4 Å². The normalized spacial score (nSPS) is 10.5. The van der Waals surface area contributed by atoms with Crippen LogP contribution in [-0.2, 0) is 6.42 Å². The third-order valence-electron chi connectivity index (χ3n) is 4.76. The van der Waals surface area contributed by atoms with Gasteiger partial charge in [0.05, 0.1) is 5.56 Å². The minimum Gasteiger partial charge on any atom is -0.363 e. The van der Waals surface area contributed by atoms with Gasteiger partial charge in [0, 0.05) is 42.4 Å². The Kier molecular flexibility index (Phi) is 7.00. The maximum absolute atomic E-state index is 14.6. The number of halogens is 3. The van der Waals surface area contributed by atoms with Crippen molar-refractivity contribution in [3.05, 3.63) is 99.6 Å². The van der Waals surface area contributed by atoms with Crippen molar-refractivity contribution < 1.29 is 18.4 Å². The number of anilines is 1. The molecule has 0 heterocycles. The lowest BCUT2D eigenvalue weighted by Crippen LogP contribution is -2.22. The molecule has 32 heavy (non-hydrogen) atoms. The van der Waals surface area contributed by atoms with Crippen LogP contribution in [0, 0.1) is 17.0 Å². The third kappa shape index (κ3) is 5.36. The number of rotatable bonds is 6. The van der Waals surface area contributed by atoms with Crippen molar-refractivity contribution in [3.8, 4) is 0 Å². The van der Waals surface area contributed by atoms with E-state index in [0.717, 1.165) is 18.2 Å². The van der Waals surface area contributed by atoms with Gasteiger partial charge in [0.15, 0.2) is 5.78 Å². The molecule has 0 saturated carbocycles. The Labute approximate surface area is 189 Å². The van der Waals surface area contributed by atoms with Gasteiger partial charge >= 0.3 is 0 Å². The van der Waals surface area contributed by atoms with Crippen LogP contribution in [-0.4, -0.2) is 36.5 Å². The lowest BCUT2D eigenvalue weighted by Gasteiger charge is -2.14. The molecule has 1 amide bonds. The summed E-state index contributed by atoms with van der Waals surface area (Å²) in [5.74, 6) is -2.49. The monoisotopic (exact) mass is 455 g/mol. The minimum atomic E-state index is -0.770. The van der Waals surface area contributed by atoms with Gasteiger partial charge in [-0.3, -0.25) is 15.0 Å². The third-order valence-corrected chi connectivity index (χ3v) is 5.01. The molecule has 2 N–H and O–H groups in total. The molecule has 0 aliphatic heterocycles. The van der Waals surface area contributed by atoms with Crippen molar-refractivity contribution in [1.82, 2.24) is 4.90 Å². The maximum Gasteiger partial charge on any atom is 0.256 e. The van der Waals surface area contributed by atoms with Crippen LogP contribution < -0.4 is 5.32 Å². The van der Waals surface area contributed by atoms with E-state index < -0.39 is 23.3 Å². The number of hydrogen-bond acceptors (Lipinski definition) is 3. The van der Waals surface area contributed by atoms with Crippen LogP contribution in [0.2, 0.25) is 5.02 Å². The molecular formula is C24H20ClF2N3O2. The van der Waals surface area contributed by atoms with Crippen LogP contribution in [0.1, 0.15) is 31.8 Å². The van der Waals surface area contributed by atoms with Gasteiger partial charge in [-0.05, 0) is 54.1 Å². The molecule has 3 rings (SSSR count). The van der Waals surface area contributed by atoms with Crippen LogP contribution in [0.3, 0.4) is 0 Å². The zero-order valence-corrected chi connectivity index (χ0v) is 18.1. The van der Waals surface area contributed by atoms with Gasteiger partial charge in [0.1, 0.15) is 17.5 Å². The predicted molar refractivity (Wildman–Crippen MR) is 121 cm³/mol. The smallest absolute Gasteiger partial charge is 0.256 e. The van der Waals surface area contributed by atoms with Gasteiger partial charge in [-0.15, -0.1) is 0 Å². The Morgan fingerprint density at radius 1 is 0.969 bits per heavy atom. The second-order valence-corrected chi connectivity index (χ2v) is 7.74. The first-order valence-corrected chi connectivity index (χ1v) is 9.98. The number of nitrogens with one attached hydrogen (secondary N) is 2. The number of nitrogens with zero attached hydrogens (tertiary/aromatic N) is 1. The van der Waals surface area contributed by atoms with Gasteiger partial charge < -0.3 is 10.2 Å². The molecular weight excluding hydrogens is 436 g/mol. The van der Waals surface area contributed by atoms with Crippen LogP contribution >= 0.6 is 11.6 Å². The zero-order chi connectivity index (χ0) is 23.4. The molecule has 0 spiro atoms. The molecule has 0 atom stereocenters. The van der Waals surface area contributed by atoms with E-state index in [1.54, 1.807) is 38.4 Å². The Morgan fingerprint density at radius 2 is 1.66 bits per heavy atom. The largest absolute Gasteiger partial charge is 0.363 e. The molecule has 164 valence electrons. The van der Waals surface area contributed by atoms with Gasteiger partial charge in [-0.1, -0.05) is 23.7 Å². The first-order valence-electron chi connectivity index (χ1n) is 9.60. The minimum absolute atomic E-state index is 0.0280. The molecule has 0 aliphatic rings. The molecule has 0 radical (unpaired) electrons. The van der Waals surface area contributed by atoms with Crippen molar-refractivity contribution in [1.29, 1.82) is 5.41 Å². The molecule has 0 fully saturated rings. The van der Waals surface area contributed by atoms with Crippen molar-refractivity contribution >= 4 is 34.8 Å². The summed E-state index contributed by atoms with van der Waals surface area (Å²) in [4.78, 5) is 27.0. The molecule has 3 aromatic carbocycles. The van der Waals surface area contributed by atoms with Crippen molar-refractivity contribution in [2.45, 2.75) is 6.42 Å². The first-order chi connectivity index (χ1) is 15.2.